The van der Waals surface area contributed by atoms with E-state index in [1.165, 1.54) is 11.1 Å². The molecule has 1 heterocycles. The minimum absolute atomic E-state index is 0. The first-order chi connectivity index (χ1) is 14.5. The summed E-state index contributed by atoms with van der Waals surface area (Å²) in [6, 6.07) is 12.3. The van der Waals surface area contributed by atoms with E-state index in [1.807, 2.05) is 26.0 Å². The second kappa shape index (κ2) is 15.0. The molecule has 0 aliphatic rings. The van der Waals surface area contributed by atoms with Gasteiger partial charge in [0.2, 0.25) is 0 Å². The number of hydrogen-bond donors (Lipinski definition) is 0. The van der Waals surface area contributed by atoms with Crippen molar-refractivity contribution in [2.45, 2.75) is 55.4 Å². The van der Waals surface area contributed by atoms with Crippen LogP contribution < -0.4 is 37.2 Å². The van der Waals surface area contributed by atoms with Crippen LogP contribution in [-0.4, -0.2) is 16.4 Å². The number of aliphatic imine (C=N–C) groups is 2. The summed E-state index contributed by atoms with van der Waals surface area (Å²) in [6.07, 6.45) is 0. The minimum atomic E-state index is 0. The molecule has 0 fully saturated rings. The Balaban J connectivity index is 0. The molecule has 0 unspecified atom stereocenters. The summed E-state index contributed by atoms with van der Waals surface area (Å²) in [5.74, 6) is 0. The van der Waals surface area contributed by atoms with Crippen LogP contribution in [0.4, 0.5) is 11.4 Å². The fraction of sp³-hybridized carbons (Fsp3) is 0.296. The second-order valence-electron chi connectivity index (χ2n) is 8.44. The molecule has 1 aromatic heterocycles. The van der Waals surface area contributed by atoms with E-state index in [0.29, 0.717) is 5.02 Å². The molecule has 0 aliphatic heterocycles. The van der Waals surface area contributed by atoms with Gasteiger partial charge >= 0.3 is 18.6 Å². The average Bonchev–Trinajstić information content (AvgIpc) is 2.66. The minimum Gasteiger partial charge on any atom is -1.00 e. The monoisotopic (exact) mass is 587 g/mol. The first-order valence-corrected chi connectivity index (χ1v) is 10.9. The summed E-state index contributed by atoms with van der Waals surface area (Å²) in [7, 11) is 0. The number of aromatic nitrogens is 1. The quantitative estimate of drug-likeness (QED) is 0.356. The number of benzene rings is 2. The first-order valence-electron chi connectivity index (χ1n) is 10.5. The van der Waals surface area contributed by atoms with Crippen LogP contribution in [-0.2, 0) is 18.6 Å². The predicted molar refractivity (Wildman–Crippen MR) is 134 cm³/mol. The van der Waals surface area contributed by atoms with Crippen LogP contribution >= 0.6 is 11.6 Å². The molecule has 0 bridgehead atoms. The van der Waals surface area contributed by atoms with Gasteiger partial charge in [-0.25, -0.2) is 4.98 Å². The maximum atomic E-state index is 6.46. The number of nitrogens with zero attached hydrogens (tertiary/aromatic N) is 3. The Bertz CT molecular complexity index is 1100. The molecule has 186 valence electrons. The van der Waals surface area contributed by atoms with Crippen molar-refractivity contribution in [1.29, 1.82) is 0 Å². The normalized spacial score (nSPS) is 11.0. The van der Waals surface area contributed by atoms with Crippen LogP contribution in [0, 0.1) is 41.5 Å². The van der Waals surface area contributed by atoms with E-state index in [0.717, 1.165) is 56.4 Å². The summed E-state index contributed by atoms with van der Waals surface area (Å²) in [6.45, 7) is 16.5. The van der Waals surface area contributed by atoms with Crippen molar-refractivity contribution in [2.75, 3.05) is 0 Å². The number of rotatable bonds is 4. The Hall–Kier alpha value is -1.33. The zero-order valence-electron chi connectivity index (χ0n) is 21.3. The van der Waals surface area contributed by atoms with Gasteiger partial charge in [0.15, 0.2) is 0 Å². The number of hydrogen-bond acceptors (Lipinski definition) is 3. The topological polar surface area (TPSA) is 37.6 Å². The molecular formula is C27H30Cl4N3V. The third kappa shape index (κ3) is 8.93. The van der Waals surface area contributed by atoms with Gasteiger partial charge in [0.1, 0.15) is 0 Å². The van der Waals surface area contributed by atoms with Crippen LogP contribution in [0.15, 0.2) is 46.4 Å². The molecule has 3 nitrogen and oxygen atoms in total. The third-order valence-electron chi connectivity index (χ3n) is 5.36. The summed E-state index contributed by atoms with van der Waals surface area (Å²) < 4.78 is 0. The zero-order valence-corrected chi connectivity index (χ0v) is 25.7. The Morgan fingerprint density at radius 1 is 0.600 bits per heavy atom. The van der Waals surface area contributed by atoms with Gasteiger partial charge in [-0.05, 0) is 89.8 Å². The molecule has 0 N–H and O–H groups in total. The molecule has 3 aromatic rings. The fourth-order valence-corrected chi connectivity index (χ4v) is 4.22. The number of halogens is 4. The van der Waals surface area contributed by atoms with Gasteiger partial charge in [-0.15, -0.1) is 0 Å². The predicted octanol–water partition coefficient (Wildman–Crippen LogP) is -1.12. The van der Waals surface area contributed by atoms with Gasteiger partial charge in [-0.1, -0.05) is 47.0 Å². The summed E-state index contributed by atoms with van der Waals surface area (Å²) in [5, 5.41) is 0.624. The molecule has 8 heteroatoms. The van der Waals surface area contributed by atoms with E-state index in [4.69, 9.17) is 26.6 Å². The average molecular weight is 589 g/mol. The van der Waals surface area contributed by atoms with E-state index in [9.17, 15) is 0 Å². The first kappa shape index (κ1) is 35.8. The molecule has 0 saturated heterocycles. The molecule has 35 heavy (non-hydrogen) atoms. The molecule has 3 rings (SSSR count). The Morgan fingerprint density at radius 3 is 1.17 bits per heavy atom. The number of pyridine rings is 1. The van der Waals surface area contributed by atoms with Gasteiger partial charge < -0.3 is 37.2 Å². The van der Waals surface area contributed by atoms with E-state index < -0.39 is 0 Å². The van der Waals surface area contributed by atoms with Crippen molar-refractivity contribution in [1.82, 2.24) is 4.98 Å². The fourth-order valence-electron chi connectivity index (χ4n) is 4.02. The van der Waals surface area contributed by atoms with Crippen LogP contribution in [0.5, 0.6) is 0 Å². The summed E-state index contributed by atoms with van der Waals surface area (Å²) in [4.78, 5) is 14.6. The van der Waals surface area contributed by atoms with Crippen molar-refractivity contribution in [2.24, 2.45) is 9.98 Å². The Morgan fingerprint density at radius 2 is 0.886 bits per heavy atom. The van der Waals surface area contributed by atoms with Crippen molar-refractivity contribution >= 4 is 34.4 Å². The van der Waals surface area contributed by atoms with Crippen LogP contribution in [0.1, 0.15) is 58.6 Å². The standard InChI is InChI=1S/C27H30ClN3.3ClH.V/c1-15-9-17(3)26(18(4)10-15)29-21(7)24-13-23(28)14-25(31-24)22(8)30-27-19(5)11-16(2)12-20(27)6;;;;/h9-14H,1-8H3;3*1H;/q;;;;+3/p-3. The van der Waals surface area contributed by atoms with E-state index >= 15 is 0 Å². The number of aryl methyl sites for hydroxylation is 6. The van der Waals surface area contributed by atoms with Gasteiger partial charge in [0.05, 0.1) is 34.2 Å². The summed E-state index contributed by atoms with van der Waals surface area (Å²) in [5.41, 5.74) is 12.2. The van der Waals surface area contributed by atoms with Gasteiger partial charge in [-0.3, -0.25) is 9.98 Å². The van der Waals surface area contributed by atoms with Crippen molar-refractivity contribution in [3.63, 3.8) is 0 Å². The SMILES string of the molecule is CC(=Nc1c(C)cc(C)cc1C)c1cc(Cl)cc(C(C)=Nc2c(C)cc(C)cc2C)n1.[Cl-].[Cl-].[Cl-].[V+3]. The molecule has 0 amide bonds. The van der Waals surface area contributed by atoms with Crippen molar-refractivity contribution in [3.8, 4) is 0 Å². The van der Waals surface area contributed by atoms with Crippen LogP contribution in [0.2, 0.25) is 5.02 Å². The van der Waals surface area contributed by atoms with E-state index in [2.05, 4.69) is 65.8 Å². The molecule has 2 aromatic carbocycles. The van der Waals surface area contributed by atoms with Crippen molar-refractivity contribution in [3.05, 3.63) is 86.2 Å². The molecule has 0 radical (unpaired) electrons. The maximum Gasteiger partial charge on any atom is 3.00 e. The zero-order chi connectivity index (χ0) is 22.9. The van der Waals surface area contributed by atoms with E-state index in [-0.39, 0.29) is 55.8 Å². The second-order valence-corrected chi connectivity index (χ2v) is 8.88. The summed E-state index contributed by atoms with van der Waals surface area (Å²) >= 11 is 6.46. The van der Waals surface area contributed by atoms with Gasteiger partial charge in [0.25, 0.3) is 0 Å². The maximum absolute atomic E-state index is 6.46. The van der Waals surface area contributed by atoms with Crippen LogP contribution in [0.3, 0.4) is 0 Å². The largest absolute Gasteiger partial charge is 3.00 e. The third-order valence-corrected chi connectivity index (χ3v) is 5.58. The Labute approximate surface area is 245 Å². The van der Waals surface area contributed by atoms with Gasteiger partial charge in [0, 0.05) is 5.02 Å². The Kier molecular flexibility index (Phi) is 15.4. The molecule has 0 spiro atoms. The molecule has 0 saturated carbocycles. The smallest absolute Gasteiger partial charge is 1.00 e. The van der Waals surface area contributed by atoms with Gasteiger partial charge in [-0.2, -0.15) is 0 Å². The molecule has 0 atom stereocenters. The molecule has 0 aliphatic carbocycles. The van der Waals surface area contributed by atoms with Crippen molar-refractivity contribution < 1.29 is 55.8 Å². The van der Waals surface area contributed by atoms with E-state index in [1.54, 1.807) is 0 Å². The van der Waals surface area contributed by atoms with Crippen LogP contribution in [0.25, 0.3) is 0 Å². The molecular weight excluding hydrogens is 559 g/mol.